The summed E-state index contributed by atoms with van der Waals surface area (Å²) in [6, 6.07) is 4.10. The van der Waals surface area contributed by atoms with Gasteiger partial charge in [0, 0.05) is 5.33 Å². The zero-order valence-corrected chi connectivity index (χ0v) is 10.0. The van der Waals surface area contributed by atoms with Gasteiger partial charge >= 0.3 is 6.18 Å². The van der Waals surface area contributed by atoms with Gasteiger partial charge in [0.25, 0.3) is 0 Å². The second kappa shape index (κ2) is 4.48. The number of benzene rings is 1. The van der Waals surface area contributed by atoms with E-state index in [-0.39, 0.29) is 5.69 Å². The zero-order chi connectivity index (χ0) is 12.5. The van der Waals surface area contributed by atoms with E-state index in [0.717, 1.165) is 10.7 Å². The highest BCUT2D eigenvalue weighted by Crippen LogP contribution is 2.34. The molecule has 3 nitrogen and oxygen atoms in total. The molecule has 0 spiro atoms. The van der Waals surface area contributed by atoms with E-state index in [0.29, 0.717) is 10.9 Å². The summed E-state index contributed by atoms with van der Waals surface area (Å²) in [6.45, 7) is 0. The first-order valence-corrected chi connectivity index (χ1v) is 5.75. The van der Waals surface area contributed by atoms with Gasteiger partial charge in [0.05, 0.1) is 11.3 Å². The van der Waals surface area contributed by atoms with E-state index in [1.165, 1.54) is 18.7 Å². The van der Waals surface area contributed by atoms with Gasteiger partial charge in [-0.3, -0.25) is 0 Å². The molecule has 0 aliphatic carbocycles. The van der Waals surface area contributed by atoms with Crippen molar-refractivity contribution in [1.82, 2.24) is 14.8 Å². The molecule has 1 heterocycles. The monoisotopic (exact) mass is 305 g/mol. The molecule has 0 amide bonds. The topological polar surface area (TPSA) is 30.7 Å². The molecule has 0 fully saturated rings. The van der Waals surface area contributed by atoms with Gasteiger partial charge in [0.2, 0.25) is 0 Å². The molecule has 0 saturated carbocycles. The lowest BCUT2D eigenvalue weighted by molar-refractivity contribution is -0.137. The van der Waals surface area contributed by atoms with E-state index in [1.54, 1.807) is 6.07 Å². The lowest BCUT2D eigenvalue weighted by atomic mass is 10.1. The highest BCUT2D eigenvalue weighted by atomic mass is 79.9. The molecule has 0 radical (unpaired) electrons. The zero-order valence-electron chi connectivity index (χ0n) is 8.45. The Labute approximate surface area is 103 Å². The third kappa shape index (κ3) is 2.49. The van der Waals surface area contributed by atoms with Crippen molar-refractivity contribution in [2.24, 2.45) is 0 Å². The van der Waals surface area contributed by atoms with Gasteiger partial charge in [-0.25, -0.2) is 9.67 Å². The lowest BCUT2D eigenvalue weighted by Crippen LogP contribution is -2.11. The molecule has 0 atom stereocenters. The Balaban J connectivity index is 2.59. The van der Waals surface area contributed by atoms with E-state index in [1.807, 2.05) is 0 Å². The molecule has 17 heavy (non-hydrogen) atoms. The van der Waals surface area contributed by atoms with E-state index >= 15 is 0 Å². The van der Waals surface area contributed by atoms with Crippen LogP contribution in [0.15, 0.2) is 30.9 Å². The summed E-state index contributed by atoms with van der Waals surface area (Å²) in [4.78, 5) is 3.64. The average Bonchev–Trinajstić information content (AvgIpc) is 2.80. The minimum atomic E-state index is -4.42. The van der Waals surface area contributed by atoms with Gasteiger partial charge in [0.15, 0.2) is 0 Å². The molecule has 0 bridgehead atoms. The molecular formula is C10H7BrF3N3. The van der Waals surface area contributed by atoms with Crippen LogP contribution in [0.4, 0.5) is 13.2 Å². The van der Waals surface area contributed by atoms with Crippen LogP contribution in [-0.2, 0) is 11.5 Å². The number of nitrogens with zero attached hydrogens (tertiary/aromatic N) is 3. The van der Waals surface area contributed by atoms with Crippen LogP contribution in [-0.4, -0.2) is 14.8 Å². The Morgan fingerprint density at radius 1 is 1.29 bits per heavy atom. The third-order valence-electron chi connectivity index (χ3n) is 2.19. The van der Waals surface area contributed by atoms with Crippen molar-refractivity contribution in [3.63, 3.8) is 0 Å². The molecule has 0 unspecified atom stereocenters. The molecule has 2 rings (SSSR count). The van der Waals surface area contributed by atoms with Gasteiger partial charge in [-0.05, 0) is 17.7 Å². The Bertz CT molecular complexity index is 508. The Morgan fingerprint density at radius 2 is 2.06 bits per heavy atom. The van der Waals surface area contributed by atoms with Crippen molar-refractivity contribution >= 4 is 15.9 Å². The van der Waals surface area contributed by atoms with Gasteiger partial charge in [-0.15, -0.1) is 0 Å². The average molecular weight is 306 g/mol. The molecule has 0 aliphatic rings. The van der Waals surface area contributed by atoms with Crippen LogP contribution < -0.4 is 0 Å². The van der Waals surface area contributed by atoms with E-state index in [2.05, 4.69) is 26.0 Å². The Morgan fingerprint density at radius 3 is 2.59 bits per heavy atom. The SMILES string of the molecule is FC(F)(F)c1cc(CBr)ccc1-n1cncn1. The molecule has 1 aromatic carbocycles. The summed E-state index contributed by atoms with van der Waals surface area (Å²) in [6.07, 6.45) is -1.99. The molecule has 0 saturated heterocycles. The quantitative estimate of drug-likeness (QED) is 0.798. The predicted molar refractivity (Wildman–Crippen MR) is 59.0 cm³/mol. The fourth-order valence-electron chi connectivity index (χ4n) is 1.43. The van der Waals surface area contributed by atoms with Crippen LogP contribution >= 0.6 is 15.9 Å². The number of hydrogen-bond acceptors (Lipinski definition) is 2. The fourth-order valence-corrected chi connectivity index (χ4v) is 1.77. The largest absolute Gasteiger partial charge is 0.418 e. The minimum absolute atomic E-state index is 0.0281. The summed E-state index contributed by atoms with van der Waals surface area (Å²) in [5, 5.41) is 4.08. The molecule has 7 heteroatoms. The highest BCUT2D eigenvalue weighted by molar-refractivity contribution is 9.08. The minimum Gasteiger partial charge on any atom is -0.223 e. The lowest BCUT2D eigenvalue weighted by Gasteiger charge is -2.13. The van der Waals surface area contributed by atoms with Crippen molar-refractivity contribution in [3.05, 3.63) is 42.0 Å². The van der Waals surface area contributed by atoms with Crippen LogP contribution in [0.5, 0.6) is 0 Å². The summed E-state index contributed by atoms with van der Waals surface area (Å²) in [5.41, 5.74) is -0.194. The molecule has 0 N–H and O–H groups in total. The molecule has 0 aliphatic heterocycles. The standard InChI is InChI=1S/C10H7BrF3N3/c11-4-7-1-2-9(17-6-15-5-16-17)8(3-7)10(12,13)14/h1-3,5-6H,4H2. The third-order valence-corrected chi connectivity index (χ3v) is 2.83. The number of halogens is 4. The van der Waals surface area contributed by atoms with Gasteiger partial charge < -0.3 is 0 Å². The van der Waals surface area contributed by atoms with Crippen LogP contribution in [0, 0.1) is 0 Å². The van der Waals surface area contributed by atoms with E-state index in [9.17, 15) is 13.2 Å². The normalized spacial score (nSPS) is 11.8. The maximum atomic E-state index is 12.9. The highest BCUT2D eigenvalue weighted by Gasteiger charge is 2.34. The number of aromatic nitrogens is 3. The van der Waals surface area contributed by atoms with Crippen molar-refractivity contribution in [2.75, 3.05) is 0 Å². The molecule has 1 aromatic heterocycles. The van der Waals surface area contributed by atoms with Crippen LogP contribution in [0.3, 0.4) is 0 Å². The first-order chi connectivity index (χ1) is 8.02. The first kappa shape index (κ1) is 12.1. The summed E-state index contributed by atoms with van der Waals surface area (Å²) in [5.74, 6) is 0. The predicted octanol–water partition coefficient (Wildman–Crippen LogP) is 3.18. The maximum Gasteiger partial charge on any atom is 0.418 e. The van der Waals surface area contributed by atoms with Crippen molar-refractivity contribution in [1.29, 1.82) is 0 Å². The fraction of sp³-hybridized carbons (Fsp3) is 0.200. The van der Waals surface area contributed by atoms with Crippen LogP contribution in [0.1, 0.15) is 11.1 Å². The van der Waals surface area contributed by atoms with Gasteiger partial charge in [-0.2, -0.15) is 18.3 Å². The summed E-state index contributed by atoms with van der Waals surface area (Å²) >= 11 is 3.13. The molecule has 2 aromatic rings. The second-order valence-electron chi connectivity index (χ2n) is 3.32. The Kier molecular flexibility index (Phi) is 3.19. The van der Waals surface area contributed by atoms with Crippen LogP contribution in [0.2, 0.25) is 0 Å². The number of hydrogen-bond donors (Lipinski definition) is 0. The van der Waals surface area contributed by atoms with Crippen molar-refractivity contribution in [2.45, 2.75) is 11.5 Å². The van der Waals surface area contributed by atoms with Gasteiger partial charge in [-0.1, -0.05) is 22.0 Å². The van der Waals surface area contributed by atoms with E-state index in [4.69, 9.17) is 0 Å². The van der Waals surface area contributed by atoms with Crippen LogP contribution in [0.25, 0.3) is 5.69 Å². The van der Waals surface area contributed by atoms with Crippen molar-refractivity contribution < 1.29 is 13.2 Å². The molecular weight excluding hydrogens is 299 g/mol. The Hall–Kier alpha value is -1.37. The molecule has 90 valence electrons. The first-order valence-electron chi connectivity index (χ1n) is 4.63. The smallest absolute Gasteiger partial charge is 0.223 e. The summed E-state index contributed by atoms with van der Waals surface area (Å²) in [7, 11) is 0. The van der Waals surface area contributed by atoms with Gasteiger partial charge in [0.1, 0.15) is 12.7 Å². The number of rotatable bonds is 2. The van der Waals surface area contributed by atoms with E-state index < -0.39 is 11.7 Å². The number of alkyl halides is 4. The second-order valence-corrected chi connectivity index (χ2v) is 3.88. The maximum absolute atomic E-state index is 12.9. The van der Waals surface area contributed by atoms with Crippen molar-refractivity contribution in [3.8, 4) is 5.69 Å². The summed E-state index contributed by atoms with van der Waals surface area (Å²) < 4.78 is 39.7.